The van der Waals surface area contributed by atoms with Gasteiger partial charge in [0.15, 0.2) is 5.57 Å². The average Bonchev–Trinajstić information content (AvgIpc) is 3.22. The maximum absolute atomic E-state index is 12.3. The molecule has 1 aromatic rings. The Kier molecular flexibility index (Phi) is 8.54. The zero-order chi connectivity index (χ0) is 24.1. The van der Waals surface area contributed by atoms with Crippen LogP contribution in [0.1, 0.15) is 13.8 Å². The standard InChI is InChI=1S/C21H18N2O6S4/c1-5-28-19(24)10(7-22)12-9-30-15-13(26-3)17-18(14(27-4)16(15)31-12)33-21(32-17)11(8-23)20(25)29-6-2/h5-6,9H2,1-4H3/b12-10+,21-11+. The maximum atomic E-state index is 12.3. The topological polar surface area (TPSA) is 119 Å². The predicted octanol–water partition coefficient (Wildman–Crippen LogP) is 4.74. The van der Waals surface area contributed by atoms with Crippen LogP contribution >= 0.6 is 47.0 Å². The quantitative estimate of drug-likeness (QED) is 0.292. The van der Waals surface area contributed by atoms with Crippen molar-refractivity contribution in [1.82, 2.24) is 0 Å². The molecule has 2 aliphatic rings. The van der Waals surface area contributed by atoms with Crippen molar-refractivity contribution in [2.75, 3.05) is 33.2 Å². The van der Waals surface area contributed by atoms with E-state index in [2.05, 4.69) is 0 Å². The van der Waals surface area contributed by atoms with Gasteiger partial charge in [0.25, 0.3) is 0 Å². The Labute approximate surface area is 208 Å². The molecule has 0 spiro atoms. The molecule has 0 saturated carbocycles. The summed E-state index contributed by atoms with van der Waals surface area (Å²) in [5.41, 5.74) is -0.127. The summed E-state index contributed by atoms with van der Waals surface area (Å²) in [6.07, 6.45) is 0. The minimum atomic E-state index is -0.687. The Morgan fingerprint density at radius 2 is 1.30 bits per heavy atom. The molecule has 0 aromatic heterocycles. The van der Waals surface area contributed by atoms with Gasteiger partial charge in [0, 0.05) is 10.7 Å². The van der Waals surface area contributed by atoms with E-state index >= 15 is 0 Å². The fourth-order valence-corrected chi connectivity index (χ4v) is 8.34. The molecular weight excluding hydrogens is 505 g/mol. The van der Waals surface area contributed by atoms with Crippen molar-refractivity contribution in [3.8, 4) is 23.6 Å². The van der Waals surface area contributed by atoms with Crippen molar-refractivity contribution in [2.45, 2.75) is 33.4 Å². The van der Waals surface area contributed by atoms with E-state index in [0.717, 1.165) is 9.79 Å². The van der Waals surface area contributed by atoms with Crippen LogP contribution in [-0.4, -0.2) is 45.1 Å². The number of nitrogens with zero attached hydrogens (tertiary/aromatic N) is 2. The van der Waals surface area contributed by atoms with Crippen LogP contribution in [0.4, 0.5) is 0 Å². The Bertz CT molecular complexity index is 1160. The molecule has 12 heteroatoms. The summed E-state index contributed by atoms with van der Waals surface area (Å²) in [5, 5.41) is 19.1. The van der Waals surface area contributed by atoms with E-state index in [4.69, 9.17) is 18.9 Å². The smallest absolute Gasteiger partial charge is 0.350 e. The zero-order valence-electron chi connectivity index (χ0n) is 18.1. The van der Waals surface area contributed by atoms with E-state index in [1.54, 1.807) is 21.0 Å². The van der Waals surface area contributed by atoms with Gasteiger partial charge < -0.3 is 18.9 Å². The molecule has 3 rings (SSSR count). The number of carbonyl (C=O) groups excluding carboxylic acids is 2. The van der Waals surface area contributed by atoms with Crippen molar-refractivity contribution >= 4 is 59.0 Å². The van der Waals surface area contributed by atoms with Gasteiger partial charge >= 0.3 is 11.9 Å². The molecule has 0 amide bonds. The lowest BCUT2D eigenvalue weighted by molar-refractivity contribution is -0.138. The molecular formula is C21H18N2O6S4. The molecule has 0 fully saturated rings. The van der Waals surface area contributed by atoms with Gasteiger partial charge in [0.05, 0.1) is 51.3 Å². The number of carbonyl (C=O) groups is 2. The number of methoxy groups -OCH3 is 2. The predicted molar refractivity (Wildman–Crippen MR) is 126 cm³/mol. The number of rotatable bonds is 6. The molecule has 33 heavy (non-hydrogen) atoms. The van der Waals surface area contributed by atoms with Crippen LogP contribution < -0.4 is 9.47 Å². The molecule has 8 nitrogen and oxygen atoms in total. The number of ether oxygens (including phenoxy) is 4. The minimum Gasteiger partial charge on any atom is -0.494 e. The highest BCUT2D eigenvalue weighted by molar-refractivity contribution is 8.25. The van der Waals surface area contributed by atoms with E-state index in [-0.39, 0.29) is 24.4 Å². The summed E-state index contributed by atoms with van der Waals surface area (Å²) in [6.45, 7) is 3.68. The molecule has 0 bridgehead atoms. The van der Waals surface area contributed by atoms with E-state index in [9.17, 15) is 20.1 Å². The highest BCUT2D eigenvalue weighted by Crippen LogP contribution is 2.65. The summed E-state index contributed by atoms with van der Waals surface area (Å²) in [4.78, 5) is 28.0. The van der Waals surface area contributed by atoms with Gasteiger partial charge in [-0.3, -0.25) is 0 Å². The molecule has 1 aromatic carbocycles. The first-order valence-electron chi connectivity index (χ1n) is 9.55. The largest absolute Gasteiger partial charge is 0.494 e. The molecule has 0 N–H and O–H groups in total. The van der Waals surface area contributed by atoms with Gasteiger partial charge in [-0.25, -0.2) is 9.59 Å². The minimum absolute atomic E-state index is 0.0433. The lowest BCUT2D eigenvalue weighted by atomic mass is 10.3. The van der Waals surface area contributed by atoms with E-state index in [1.165, 1.54) is 54.2 Å². The molecule has 2 aliphatic heterocycles. The number of nitriles is 2. The highest BCUT2D eigenvalue weighted by Gasteiger charge is 2.37. The fraction of sp³-hybridized carbons (Fsp3) is 0.333. The number of benzene rings is 1. The van der Waals surface area contributed by atoms with Gasteiger partial charge in [-0.2, -0.15) is 10.5 Å². The van der Waals surface area contributed by atoms with Crippen molar-refractivity contribution in [2.24, 2.45) is 0 Å². The maximum Gasteiger partial charge on any atom is 0.350 e. The molecule has 0 unspecified atom stereocenters. The lowest BCUT2D eigenvalue weighted by Gasteiger charge is -2.24. The average molecular weight is 523 g/mol. The summed E-state index contributed by atoms with van der Waals surface area (Å²) in [6, 6.07) is 3.89. The molecule has 2 heterocycles. The summed E-state index contributed by atoms with van der Waals surface area (Å²) >= 11 is 5.15. The molecule has 0 saturated heterocycles. The van der Waals surface area contributed by atoms with Crippen molar-refractivity contribution in [3.63, 3.8) is 0 Å². The van der Waals surface area contributed by atoms with Crippen molar-refractivity contribution in [3.05, 3.63) is 20.3 Å². The third-order valence-corrected chi connectivity index (χ3v) is 9.48. The molecule has 172 valence electrons. The number of esters is 2. The second-order valence-electron chi connectivity index (χ2n) is 6.10. The molecule has 0 aliphatic carbocycles. The van der Waals surface area contributed by atoms with Crippen molar-refractivity contribution in [1.29, 1.82) is 10.5 Å². The van der Waals surface area contributed by atoms with Gasteiger partial charge in [-0.1, -0.05) is 35.3 Å². The number of thioether (sulfide) groups is 4. The van der Waals surface area contributed by atoms with Gasteiger partial charge in [0.2, 0.25) is 0 Å². The van der Waals surface area contributed by atoms with Crippen molar-refractivity contribution < 1.29 is 28.5 Å². The first kappa shape index (κ1) is 25.2. The van der Waals surface area contributed by atoms with Crippen LogP contribution in [0.25, 0.3) is 0 Å². The molecule has 0 radical (unpaired) electrons. The first-order chi connectivity index (χ1) is 15.9. The van der Waals surface area contributed by atoms with E-state index in [0.29, 0.717) is 36.2 Å². The normalized spacial score (nSPS) is 17.0. The summed E-state index contributed by atoms with van der Waals surface area (Å²) in [5.74, 6) is 0.130. The van der Waals surface area contributed by atoms with Crippen LogP contribution in [-0.2, 0) is 19.1 Å². The van der Waals surface area contributed by atoms with Crippen LogP contribution in [0, 0.1) is 22.7 Å². The highest BCUT2D eigenvalue weighted by atomic mass is 32.2. The lowest BCUT2D eigenvalue weighted by Crippen LogP contribution is -2.11. The Hall–Kier alpha value is -2.38. The van der Waals surface area contributed by atoms with E-state index < -0.39 is 11.9 Å². The number of hydrogen-bond acceptors (Lipinski definition) is 12. The Morgan fingerprint density at radius 3 is 1.79 bits per heavy atom. The van der Waals surface area contributed by atoms with Crippen LogP contribution in [0.5, 0.6) is 11.5 Å². The Morgan fingerprint density at radius 1 is 0.818 bits per heavy atom. The number of hydrogen-bond donors (Lipinski definition) is 0. The SMILES string of the molecule is CCOC(=O)/C(C#N)=C1\CSc2c(OC)c3c(c(OC)c2S1)S/C(=C(\C#N)C(=O)OCC)S3. The van der Waals surface area contributed by atoms with Gasteiger partial charge in [0.1, 0.15) is 29.2 Å². The number of fused-ring (bicyclic) bond motifs is 2. The third kappa shape index (κ3) is 4.80. The fourth-order valence-electron chi connectivity index (χ4n) is 2.92. The monoisotopic (exact) mass is 522 g/mol. The van der Waals surface area contributed by atoms with E-state index in [1.807, 2.05) is 12.1 Å². The van der Waals surface area contributed by atoms with Gasteiger partial charge in [-0.05, 0) is 13.8 Å². The third-order valence-electron chi connectivity index (χ3n) is 4.27. The summed E-state index contributed by atoms with van der Waals surface area (Å²) in [7, 11) is 3.06. The van der Waals surface area contributed by atoms with Crippen LogP contribution in [0.2, 0.25) is 0 Å². The molecule has 0 atom stereocenters. The van der Waals surface area contributed by atoms with Gasteiger partial charge in [-0.15, -0.1) is 11.8 Å². The van der Waals surface area contributed by atoms with Crippen LogP contribution in [0.15, 0.2) is 39.9 Å². The first-order valence-corrected chi connectivity index (χ1v) is 13.0. The zero-order valence-corrected chi connectivity index (χ0v) is 21.4. The van der Waals surface area contributed by atoms with Crippen LogP contribution in [0.3, 0.4) is 0 Å². The summed E-state index contributed by atoms with van der Waals surface area (Å²) < 4.78 is 22.0. The second kappa shape index (κ2) is 11.2. The second-order valence-corrected chi connectivity index (χ2v) is 10.5. The Balaban J connectivity index is 2.15.